The third-order valence-electron chi connectivity index (χ3n) is 2.91. The number of hydrogen-bond donors (Lipinski definition) is 2. The Balaban J connectivity index is 1.92. The van der Waals surface area contributed by atoms with Crippen LogP contribution in [0.15, 0.2) is 34.8 Å². The molecule has 0 amide bonds. The summed E-state index contributed by atoms with van der Waals surface area (Å²) < 4.78 is 11.9. The molecule has 0 aliphatic carbocycles. The number of halogens is 2. The molecular formula is C14H12BrClN2O2. The van der Waals surface area contributed by atoms with Crippen LogP contribution in [-0.4, -0.2) is 13.2 Å². The van der Waals surface area contributed by atoms with E-state index in [9.17, 15) is 0 Å². The van der Waals surface area contributed by atoms with Crippen molar-refractivity contribution in [3.05, 3.63) is 39.8 Å². The molecule has 1 aliphatic rings. The summed E-state index contributed by atoms with van der Waals surface area (Å²) in [5.74, 6) is 1.37. The molecule has 20 heavy (non-hydrogen) atoms. The van der Waals surface area contributed by atoms with Crippen LogP contribution in [-0.2, 0) is 0 Å². The molecule has 104 valence electrons. The Labute approximate surface area is 130 Å². The number of benzene rings is 2. The first-order valence-electron chi connectivity index (χ1n) is 6.04. The summed E-state index contributed by atoms with van der Waals surface area (Å²) in [5, 5.41) is 3.90. The molecule has 0 saturated carbocycles. The van der Waals surface area contributed by atoms with Crippen molar-refractivity contribution in [3.63, 3.8) is 0 Å². The van der Waals surface area contributed by atoms with E-state index in [1.165, 1.54) is 0 Å². The van der Waals surface area contributed by atoms with Gasteiger partial charge in [0.15, 0.2) is 11.5 Å². The van der Waals surface area contributed by atoms with Crippen LogP contribution >= 0.6 is 27.5 Å². The van der Waals surface area contributed by atoms with E-state index in [0.29, 0.717) is 35.4 Å². The predicted molar refractivity (Wildman–Crippen MR) is 84.3 cm³/mol. The number of fused-ring (bicyclic) bond motifs is 1. The number of anilines is 3. The maximum atomic E-state index is 6.02. The van der Waals surface area contributed by atoms with Crippen LogP contribution < -0.4 is 20.5 Å². The van der Waals surface area contributed by atoms with E-state index >= 15 is 0 Å². The zero-order valence-corrected chi connectivity index (χ0v) is 12.8. The van der Waals surface area contributed by atoms with Crippen molar-refractivity contribution in [2.24, 2.45) is 0 Å². The fourth-order valence-corrected chi connectivity index (χ4v) is 2.44. The number of rotatable bonds is 2. The molecule has 1 heterocycles. The molecule has 6 heteroatoms. The van der Waals surface area contributed by atoms with Gasteiger partial charge in [-0.15, -0.1) is 0 Å². The van der Waals surface area contributed by atoms with Gasteiger partial charge in [0, 0.05) is 22.3 Å². The molecule has 0 fully saturated rings. The van der Waals surface area contributed by atoms with Gasteiger partial charge in [-0.3, -0.25) is 0 Å². The smallest absolute Gasteiger partial charge is 0.163 e. The molecule has 0 radical (unpaired) electrons. The van der Waals surface area contributed by atoms with Crippen LogP contribution in [0.4, 0.5) is 17.1 Å². The van der Waals surface area contributed by atoms with Crippen molar-refractivity contribution in [3.8, 4) is 11.5 Å². The lowest BCUT2D eigenvalue weighted by Crippen LogP contribution is -2.15. The van der Waals surface area contributed by atoms with Gasteiger partial charge in [0.25, 0.3) is 0 Å². The molecule has 0 unspecified atom stereocenters. The van der Waals surface area contributed by atoms with Crippen molar-refractivity contribution in [1.82, 2.24) is 0 Å². The molecule has 3 rings (SSSR count). The molecule has 2 aromatic rings. The molecule has 0 aromatic heterocycles. The van der Waals surface area contributed by atoms with Crippen LogP contribution in [0.1, 0.15) is 0 Å². The summed E-state index contributed by atoms with van der Waals surface area (Å²) in [6.45, 7) is 1.09. The average molecular weight is 356 g/mol. The largest absolute Gasteiger partial charge is 0.486 e. The number of ether oxygens (including phenoxy) is 2. The molecule has 3 N–H and O–H groups in total. The van der Waals surface area contributed by atoms with Crippen molar-refractivity contribution < 1.29 is 9.47 Å². The zero-order chi connectivity index (χ0) is 14.1. The number of hydrogen-bond acceptors (Lipinski definition) is 4. The third-order valence-corrected chi connectivity index (χ3v) is 4.13. The lowest BCUT2D eigenvalue weighted by atomic mass is 10.2. The first-order valence-corrected chi connectivity index (χ1v) is 7.22. The second-order valence-corrected chi connectivity index (χ2v) is 5.60. The standard InChI is InChI=1S/C14H12BrClN2O2/c15-9-5-8(1-2-10(9)16)18-12-7-14-13(6-11(12)17)19-3-4-20-14/h1-2,5-7,18H,3-4,17H2. The monoisotopic (exact) mass is 354 g/mol. The molecule has 0 atom stereocenters. The average Bonchev–Trinajstić information content (AvgIpc) is 2.44. The van der Waals surface area contributed by atoms with Gasteiger partial charge < -0.3 is 20.5 Å². The SMILES string of the molecule is Nc1cc2c(cc1Nc1ccc(Cl)c(Br)c1)OCCO2. The first-order chi connectivity index (χ1) is 9.63. The molecule has 1 aliphatic heterocycles. The minimum Gasteiger partial charge on any atom is -0.486 e. The molecule has 2 aromatic carbocycles. The normalized spacial score (nSPS) is 13.1. The van der Waals surface area contributed by atoms with Gasteiger partial charge in [-0.25, -0.2) is 0 Å². The number of nitrogen functional groups attached to an aromatic ring is 1. The summed E-state index contributed by atoms with van der Waals surface area (Å²) in [7, 11) is 0. The fraction of sp³-hybridized carbons (Fsp3) is 0.143. The maximum absolute atomic E-state index is 6.02. The summed E-state index contributed by atoms with van der Waals surface area (Å²) in [5.41, 5.74) is 8.27. The topological polar surface area (TPSA) is 56.5 Å². The second-order valence-electron chi connectivity index (χ2n) is 4.34. The van der Waals surface area contributed by atoms with Gasteiger partial charge >= 0.3 is 0 Å². The van der Waals surface area contributed by atoms with E-state index in [4.69, 9.17) is 26.8 Å². The van der Waals surface area contributed by atoms with E-state index < -0.39 is 0 Å². The minimum absolute atomic E-state index is 0.544. The Morgan fingerprint density at radius 2 is 1.80 bits per heavy atom. The summed E-state index contributed by atoms with van der Waals surface area (Å²) in [6.07, 6.45) is 0. The van der Waals surface area contributed by atoms with Gasteiger partial charge in [0.2, 0.25) is 0 Å². The Morgan fingerprint density at radius 1 is 1.10 bits per heavy atom. The molecular weight excluding hydrogens is 344 g/mol. The van der Waals surface area contributed by atoms with Crippen LogP contribution in [0.25, 0.3) is 0 Å². The first kappa shape index (κ1) is 13.4. The van der Waals surface area contributed by atoms with Gasteiger partial charge in [0.1, 0.15) is 13.2 Å². The highest BCUT2D eigenvalue weighted by Gasteiger charge is 2.14. The quantitative estimate of drug-likeness (QED) is 0.793. The fourth-order valence-electron chi connectivity index (χ4n) is 1.94. The summed E-state index contributed by atoms with van der Waals surface area (Å²) in [4.78, 5) is 0. The van der Waals surface area contributed by atoms with E-state index in [2.05, 4.69) is 21.2 Å². The highest BCUT2D eigenvalue weighted by molar-refractivity contribution is 9.10. The van der Waals surface area contributed by atoms with Gasteiger partial charge in [-0.1, -0.05) is 11.6 Å². The third kappa shape index (κ3) is 2.64. The molecule has 0 spiro atoms. The zero-order valence-electron chi connectivity index (χ0n) is 10.5. The highest BCUT2D eigenvalue weighted by atomic mass is 79.9. The lowest BCUT2D eigenvalue weighted by Gasteiger charge is -2.20. The Kier molecular flexibility index (Phi) is 3.63. The van der Waals surface area contributed by atoms with E-state index in [-0.39, 0.29) is 0 Å². The van der Waals surface area contributed by atoms with Crippen molar-refractivity contribution in [1.29, 1.82) is 0 Å². The summed E-state index contributed by atoms with van der Waals surface area (Å²) >= 11 is 9.36. The van der Waals surface area contributed by atoms with Gasteiger partial charge in [-0.05, 0) is 34.1 Å². The van der Waals surface area contributed by atoms with Crippen molar-refractivity contribution in [2.75, 3.05) is 24.3 Å². The summed E-state index contributed by atoms with van der Waals surface area (Å²) in [6, 6.07) is 9.18. The van der Waals surface area contributed by atoms with E-state index in [0.717, 1.165) is 15.8 Å². The Hall–Kier alpha value is -1.59. The number of nitrogens with two attached hydrogens (primary N) is 1. The predicted octanol–water partition coefficient (Wildman–Crippen LogP) is 4.20. The second kappa shape index (κ2) is 5.42. The minimum atomic E-state index is 0.544. The molecule has 0 saturated heterocycles. The van der Waals surface area contributed by atoms with Crippen molar-refractivity contribution in [2.45, 2.75) is 0 Å². The maximum Gasteiger partial charge on any atom is 0.163 e. The lowest BCUT2D eigenvalue weighted by molar-refractivity contribution is 0.172. The Bertz CT molecular complexity index is 664. The van der Waals surface area contributed by atoms with Crippen LogP contribution in [0.3, 0.4) is 0 Å². The van der Waals surface area contributed by atoms with Gasteiger partial charge in [-0.2, -0.15) is 0 Å². The molecule has 0 bridgehead atoms. The highest BCUT2D eigenvalue weighted by Crippen LogP contribution is 2.38. The van der Waals surface area contributed by atoms with Crippen molar-refractivity contribution >= 4 is 44.6 Å². The van der Waals surface area contributed by atoms with E-state index in [1.54, 1.807) is 6.07 Å². The number of nitrogens with one attached hydrogen (secondary N) is 1. The molecule has 4 nitrogen and oxygen atoms in total. The van der Waals surface area contributed by atoms with Crippen LogP contribution in [0.5, 0.6) is 11.5 Å². The van der Waals surface area contributed by atoms with E-state index in [1.807, 2.05) is 24.3 Å². The van der Waals surface area contributed by atoms with Crippen LogP contribution in [0, 0.1) is 0 Å². The van der Waals surface area contributed by atoms with Gasteiger partial charge in [0.05, 0.1) is 16.4 Å². The Morgan fingerprint density at radius 3 is 2.50 bits per heavy atom. The van der Waals surface area contributed by atoms with Crippen LogP contribution in [0.2, 0.25) is 5.02 Å².